The van der Waals surface area contributed by atoms with Gasteiger partial charge in [-0.25, -0.2) is 4.98 Å². The molecular weight excluding hydrogens is 246 g/mol. The number of imidazole rings is 1. The molecule has 0 bridgehead atoms. The largest absolute Gasteiger partial charge is 0.328 e. The second-order valence-corrected chi connectivity index (χ2v) is 5.92. The number of hydrogen-bond acceptors (Lipinski definition) is 2. The highest BCUT2D eigenvalue weighted by Crippen LogP contribution is 2.18. The van der Waals surface area contributed by atoms with Gasteiger partial charge < -0.3 is 9.88 Å². The zero-order chi connectivity index (χ0) is 14.5. The smallest absolute Gasteiger partial charge is 0.111 e. The summed E-state index contributed by atoms with van der Waals surface area (Å²) in [6, 6.07) is 8.94. The quantitative estimate of drug-likeness (QED) is 0.835. The van der Waals surface area contributed by atoms with E-state index in [0.29, 0.717) is 6.04 Å². The van der Waals surface area contributed by atoms with Crippen molar-refractivity contribution in [3.8, 4) is 0 Å². The average Bonchev–Trinajstić information content (AvgIpc) is 2.80. The molecule has 0 aliphatic carbocycles. The molecule has 0 aliphatic rings. The Labute approximate surface area is 122 Å². The molecule has 2 rings (SSSR count). The Kier molecular flexibility index (Phi) is 5.18. The number of likely N-dealkylation sites (N-methyl/N-ethyl adjacent to an activating group) is 1. The van der Waals surface area contributed by atoms with Crippen LogP contribution < -0.4 is 5.32 Å². The van der Waals surface area contributed by atoms with E-state index < -0.39 is 0 Å². The molecule has 3 heteroatoms. The fraction of sp³-hybridized carbons (Fsp3) is 0.588. The number of nitrogens with one attached hydrogen (secondary N) is 1. The summed E-state index contributed by atoms with van der Waals surface area (Å²) in [5, 5.41) is 3.45. The van der Waals surface area contributed by atoms with Crippen molar-refractivity contribution < 1.29 is 0 Å². The Morgan fingerprint density at radius 3 is 2.60 bits per heavy atom. The Morgan fingerprint density at radius 2 is 1.95 bits per heavy atom. The zero-order valence-corrected chi connectivity index (χ0v) is 13.2. The summed E-state index contributed by atoms with van der Waals surface area (Å²) >= 11 is 0. The first-order valence-electron chi connectivity index (χ1n) is 7.77. The molecule has 1 unspecified atom stereocenters. The highest BCUT2D eigenvalue weighted by Gasteiger charge is 2.14. The van der Waals surface area contributed by atoms with Crippen molar-refractivity contribution in [2.75, 3.05) is 7.05 Å². The van der Waals surface area contributed by atoms with Gasteiger partial charge in [-0.2, -0.15) is 0 Å². The summed E-state index contributed by atoms with van der Waals surface area (Å²) in [6.45, 7) is 7.75. The highest BCUT2D eigenvalue weighted by atomic mass is 15.1. The van der Waals surface area contributed by atoms with Crippen molar-refractivity contribution in [1.82, 2.24) is 14.9 Å². The van der Waals surface area contributed by atoms with Gasteiger partial charge in [-0.15, -0.1) is 0 Å². The van der Waals surface area contributed by atoms with Crippen molar-refractivity contribution in [3.05, 3.63) is 30.1 Å². The second kappa shape index (κ2) is 6.89. The van der Waals surface area contributed by atoms with Crippen molar-refractivity contribution in [2.24, 2.45) is 5.92 Å². The summed E-state index contributed by atoms with van der Waals surface area (Å²) in [7, 11) is 2.06. The molecule has 20 heavy (non-hydrogen) atoms. The summed E-state index contributed by atoms with van der Waals surface area (Å²) in [5.74, 6) is 1.97. The molecule has 0 radical (unpaired) electrons. The first-order valence-corrected chi connectivity index (χ1v) is 7.77. The number of aromatic nitrogens is 2. The van der Waals surface area contributed by atoms with Gasteiger partial charge in [0.15, 0.2) is 0 Å². The molecule has 0 fully saturated rings. The van der Waals surface area contributed by atoms with Crippen LogP contribution in [0.5, 0.6) is 0 Å². The van der Waals surface area contributed by atoms with E-state index in [2.05, 4.69) is 62.0 Å². The molecule has 1 aromatic carbocycles. The van der Waals surface area contributed by atoms with Gasteiger partial charge >= 0.3 is 0 Å². The minimum absolute atomic E-state index is 0.513. The normalized spacial score (nSPS) is 13.2. The monoisotopic (exact) mass is 273 g/mol. The first kappa shape index (κ1) is 15.0. The molecule has 0 saturated heterocycles. The molecule has 0 saturated carbocycles. The molecule has 1 heterocycles. The van der Waals surface area contributed by atoms with Crippen molar-refractivity contribution >= 4 is 11.0 Å². The third-order valence-corrected chi connectivity index (χ3v) is 3.98. The summed E-state index contributed by atoms with van der Waals surface area (Å²) in [4.78, 5) is 4.82. The summed E-state index contributed by atoms with van der Waals surface area (Å²) < 4.78 is 2.34. The lowest BCUT2D eigenvalue weighted by atomic mass is 10.0. The molecule has 0 amide bonds. The number of benzene rings is 1. The fourth-order valence-corrected chi connectivity index (χ4v) is 2.74. The number of nitrogens with zero attached hydrogens (tertiary/aromatic N) is 2. The number of fused-ring (bicyclic) bond motifs is 1. The zero-order valence-electron chi connectivity index (χ0n) is 13.2. The molecule has 1 atom stereocenters. The van der Waals surface area contributed by atoms with Crippen LogP contribution in [0.15, 0.2) is 24.3 Å². The number of rotatable bonds is 7. The fourth-order valence-electron chi connectivity index (χ4n) is 2.74. The van der Waals surface area contributed by atoms with Gasteiger partial charge in [0.2, 0.25) is 0 Å². The number of para-hydroxylation sites is 2. The Morgan fingerprint density at radius 1 is 1.20 bits per heavy atom. The Bertz CT molecular complexity index is 542. The van der Waals surface area contributed by atoms with Crippen LogP contribution in [0, 0.1) is 5.92 Å². The lowest BCUT2D eigenvalue weighted by Crippen LogP contribution is -2.29. The molecule has 0 spiro atoms. The maximum absolute atomic E-state index is 4.82. The van der Waals surface area contributed by atoms with E-state index in [1.165, 1.54) is 24.2 Å². The number of hydrogen-bond donors (Lipinski definition) is 1. The predicted octanol–water partition coefficient (Wildman–Crippen LogP) is 3.62. The van der Waals surface area contributed by atoms with Crippen LogP contribution in [0.1, 0.15) is 39.4 Å². The Hall–Kier alpha value is -1.35. The van der Waals surface area contributed by atoms with Crippen LogP contribution in [0.4, 0.5) is 0 Å². The van der Waals surface area contributed by atoms with Gasteiger partial charge in [-0.05, 0) is 44.9 Å². The van der Waals surface area contributed by atoms with E-state index in [4.69, 9.17) is 4.98 Å². The number of aryl methyl sites for hydroxylation is 1. The van der Waals surface area contributed by atoms with Crippen LogP contribution in [0.2, 0.25) is 0 Å². The van der Waals surface area contributed by atoms with Crippen molar-refractivity contribution in [3.63, 3.8) is 0 Å². The van der Waals surface area contributed by atoms with Gasteiger partial charge in [0, 0.05) is 19.0 Å². The minimum Gasteiger partial charge on any atom is -0.328 e. The maximum Gasteiger partial charge on any atom is 0.111 e. The van der Waals surface area contributed by atoms with E-state index in [1.54, 1.807) is 0 Å². The molecule has 0 aliphatic heterocycles. The van der Waals surface area contributed by atoms with Gasteiger partial charge in [-0.1, -0.05) is 26.0 Å². The standard InChI is InChI=1S/C17H27N3/c1-5-20-16-9-7-6-8-15(16)19-17(20)12-14(18-4)11-10-13(2)3/h6-9,13-14,18H,5,10-12H2,1-4H3. The molecule has 1 N–H and O–H groups in total. The van der Waals surface area contributed by atoms with E-state index >= 15 is 0 Å². The van der Waals surface area contributed by atoms with Crippen LogP contribution in [-0.2, 0) is 13.0 Å². The summed E-state index contributed by atoms with van der Waals surface area (Å²) in [5.41, 5.74) is 2.37. The van der Waals surface area contributed by atoms with Crippen LogP contribution in [-0.4, -0.2) is 22.6 Å². The Balaban J connectivity index is 2.19. The molecule has 2 aromatic rings. The van der Waals surface area contributed by atoms with Crippen LogP contribution in [0.25, 0.3) is 11.0 Å². The van der Waals surface area contributed by atoms with E-state index in [1.807, 2.05) is 0 Å². The molecule has 110 valence electrons. The third-order valence-electron chi connectivity index (χ3n) is 3.98. The second-order valence-electron chi connectivity index (χ2n) is 5.92. The highest BCUT2D eigenvalue weighted by molar-refractivity contribution is 5.75. The first-order chi connectivity index (χ1) is 9.65. The lowest BCUT2D eigenvalue weighted by Gasteiger charge is -2.17. The summed E-state index contributed by atoms with van der Waals surface area (Å²) in [6.07, 6.45) is 3.48. The molecule has 3 nitrogen and oxygen atoms in total. The lowest BCUT2D eigenvalue weighted by molar-refractivity contribution is 0.440. The third kappa shape index (κ3) is 3.40. The molecule has 1 aromatic heterocycles. The van der Waals surface area contributed by atoms with E-state index in [9.17, 15) is 0 Å². The van der Waals surface area contributed by atoms with Gasteiger partial charge in [-0.3, -0.25) is 0 Å². The van der Waals surface area contributed by atoms with Crippen LogP contribution in [0.3, 0.4) is 0 Å². The van der Waals surface area contributed by atoms with E-state index in [0.717, 1.165) is 24.4 Å². The maximum atomic E-state index is 4.82. The van der Waals surface area contributed by atoms with Crippen molar-refractivity contribution in [2.45, 2.75) is 52.6 Å². The minimum atomic E-state index is 0.513. The van der Waals surface area contributed by atoms with E-state index in [-0.39, 0.29) is 0 Å². The SMILES string of the molecule is CCn1c(CC(CCC(C)C)NC)nc2ccccc21. The van der Waals surface area contributed by atoms with Gasteiger partial charge in [0.25, 0.3) is 0 Å². The predicted molar refractivity (Wildman–Crippen MR) is 86.0 cm³/mol. The van der Waals surface area contributed by atoms with Gasteiger partial charge in [0.1, 0.15) is 5.82 Å². The van der Waals surface area contributed by atoms with Crippen LogP contribution >= 0.6 is 0 Å². The average molecular weight is 273 g/mol. The topological polar surface area (TPSA) is 29.9 Å². The molecular formula is C17H27N3. The van der Waals surface area contributed by atoms with Crippen molar-refractivity contribution in [1.29, 1.82) is 0 Å². The van der Waals surface area contributed by atoms with Gasteiger partial charge in [0.05, 0.1) is 11.0 Å².